The number of carbonyl (C=O) groups excluding carboxylic acids is 1. The van der Waals surface area contributed by atoms with Gasteiger partial charge in [0, 0.05) is 26.9 Å². The Balaban J connectivity index is 2.12. The molecule has 0 saturated heterocycles. The van der Waals surface area contributed by atoms with Crippen molar-refractivity contribution in [3.8, 4) is 0 Å². The lowest BCUT2D eigenvalue weighted by Crippen LogP contribution is -2.11. The zero-order valence-electron chi connectivity index (χ0n) is 10.1. The SMILES string of the molecule is NC(=O)c1ccc(N)c(SCc2ccc(Cl)cc2)c1. The van der Waals surface area contributed by atoms with E-state index in [0.717, 1.165) is 16.2 Å². The third-order valence-electron chi connectivity index (χ3n) is 2.61. The lowest BCUT2D eigenvalue weighted by Gasteiger charge is -2.07. The van der Waals surface area contributed by atoms with E-state index in [9.17, 15) is 4.79 Å². The van der Waals surface area contributed by atoms with Gasteiger partial charge in [0.1, 0.15) is 0 Å². The molecule has 4 N–H and O–H groups in total. The molecule has 2 rings (SSSR count). The normalized spacial score (nSPS) is 10.4. The Morgan fingerprint density at radius 1 is 1.16 bits per heavy atom. The summed E-state index contributed by atoms with van der Waals surface area (Å²) in [7, 11) is 0. The molecule has 0 aliphatic heterocycles. The van der Waals surface area contributed by atoms with Gasteiger partial charge >= 0.3 is 0 Å². The van der Waals surface area contributed by atoms with Gasteiger partial charge in [-0.15, -0.1) is 11.8 Å². The number of thioether (sulfide) groups is 1. The molecule has 0 aliphatic carbocycles. The van der Waals surface area contributed by atoms with Crippen LogP contribution in [0.4, 0.5) is 5.69 Å². The van der Waals surface area contributed by atoms with E-state index in [1.807, 2.05) is 24.3 Å². The molecule has 2 aromatic rings. The van der Waals surface area contributed by atoms with Crippen LogP contribution in [0.5, 0.6) is 0 Å². The van der Waals surface area contributed by atoms with Crippen LogP contribution in [-0.4, -0.2) is 5.91 Å². The van der Waals surface area contributed by atoms with Crippen molar-refractivity contribution in [2.45, 2.75) is 10.6 Å². The summed E-state index contributed by atoms with van der Waals surface area (Å²) in [6.45, 7) is 0. The molecular weight excluding hydrogens is 280 g/mol. The number of carbonyl (C=O) groups is 1. The molecule has 0 saturated carbocycles. The van der Waals surface area contributed by atoms with Gasteiger partial charge in [0.15, 0.2) is 0 Å². The molecule has 0 spiro atoms. The number of nitrogen functional groups attached to an aromatic ring is 1. The Morgan fingerprint density at radius 3 is 2.47 bits per heavy atom. The van der Waals surface area contributed by atoms with Crippen LogP contribution in [0, 0.1) is 0 Å². The van der Waals surface area contributed by atoms with Gasteiger partial charge in [-0.05, 0) is 35.9 Å². The number of rotatable bonds is 4. The fourth-order valence-corrected chi connectivity index (χ4v) is 2.64. The number of primary amides is 1. The predicted molar refractivity (Wildman–Crippen MR) is 80.4 cm³/mol. The Kier molecular flexibility index (Phi) is 4.35. The van der Waals surface area contributed by atoms with Crippen LogP contribution in [0.3, 0.4) is 0 Å². The number of hydrogen-bond acceptors (Lipinski definition) is 3. The van der Waals surface area contributed by atoms with Gasteiger partial charge in [-0.2, -0.15) is 0 Å². The first-order chi connectivity index (χ1) is 9.06. The zero-order chi connectivity index (χ0) is 13.8. The molecule has 3 nitrogen and oxygen atoms in total. The van der Waals surface area contributed by atoms with Crippen LogP contribution in [0.15, 0.2) is 47.4 Å². The Morgan fingerprint density at radius 2 is 1.84 bits per heavy atom. The quantitative estimate of drug-likeness (QED) is 0.671. The Hall–Kier alpha value is -1.65. The van der Waals surface area contributed by atoms with Crippen molar-refractivity contribution in [2.75, 3.05) is 5.73 Å². The first-order valence-electron chi connectivity index (χ1n) is 5.63. The average Bonchev–Trinajstić information content (AvgIpc) is 2.39. The van der Waals surface area contributed by atoms with E-state index in [0.29, 0.717) is 16.3 Å². The molecule has 0 aromatic heterocycles. The van der Waals surface area contributed by atoms with Gasteiger partial charge in [-0.1, -0.05) is 23.7 Å². The minimum Gasteiger partial charge on any atom is -0.398 e. The molecule has 0 heterocycles. The first kappa shape index (κ1) is 13.8. The lowest BCUT2D eigenvalue weighted by atomic mass is 10.2. The summed E-state index contributed by atoms with van der Waals surface area (Å²) in [5, 5.41) is 0.712. The van der Waals surface area contributed by atoms with Gasteiger partial charge in [0.05, 0.1) is 0 Å². The molecule has 0 atom stereocenters. The Bertz CT molecular complexity index is 599. The van der Waals surface area contributed by atoms with E-state index < -0.39 is 5.91 Å². The summed E-state index contributed by atoms with van der Waals surface area (Å²) in [4.78, 5) is 12.0. The number of benzene rings is 2. The van der Waals surface area contributed by atoms with Crippen LogP contribution in [-0.2, 0) is 5.75 Å². The van der Waals surface area contributed by atoms with E-state index >= 15 is 0 Å². The zero-order valence-corrected chi connectivity index (χ0v) is 11.7. The maximum absolute atomic E-state index is 11.1. The highest BCUT2D eigenvalue weighted by atomic mass is 35.5. The van der Waals surface area contributed by atoms with E-state index in [2.05, 4.69) is 0 Å². The highest BCUT2D eigenvalue weighted by Crippen LogP contribution is 2.29. The van der Waals surface area contributed by atoms with Gasteiger partial charge in [0.2, 0.25) is 5.91 Å². The van der Waals surface area contributed by atoms with E-state index in [-0.39, 0.29) is 0 Å². The maximum Gasteiger partial charge on any atom is 0.248 e. The summed E-state index contributed by atoms with van der Waals surface area (Å²) in [5.74, 6) is 0.303. The molecule has 0 unspecified atom stereocenters. The van der Waals surface area contributed by atoms with Crippen molar-refractivity contribution in [1.29, 1.82) is 0 Å². The number of halogens is 1. The van der Waals surface area contributed by atoms with Gasteiger partial charge in [-0.25, -0.2) is 0 Å². The van der Waals surface area contributed by atoms with Crippen molar-refractivity contribution in [3.63, 3.8) is 0 Å². The molecule has 0 bridgehead atoms. The van der Waals surface area contributed by atoms with Gasteiger partial charge in [-0.3, -0.25) is 4.79 Å². The number of anilines is 1. The second-order valence-electron chi connectivity index (χ2n) is 4.03. The maximum atomic E-state index is 11.1. The van der Waals surface area contributed by atoms with Crippen molar-refractivity contribution in [3.05, 3.63) is 58.6 Å². The van der Waals surface area contributed by atoms with Crippen molar-refractivity contribution in [1.82, 2.24) is 0 Å². The molecule has 2 aromatic carbocycles. The van der Waals surface area contributed by atoms with Crippen molar-refractivity contribution >= 4 is 35.0 Å². The summed E-state index contributed by atoms with van der Waals surface area (Å²) in [6.07, 6.45) is 0. The standard InChI is InChI=1S/C14H13ClN2OS/c15-11-4-1-9(2-5-11)8-19-13-7-10(14(17)18)3-6-12(13)16/h1-7H,8,16H2,(H2,17,18). The van der Waals surface area contributed by atoms with Crippen LogP contribution in [0.2, 0.25) is 5.02 Å². The highest BCUT2D eigenvalue weighted by molar-refractivity contribution is 7.98. The van der Waals surface area contributed by atoms with E-state index in [1.165, 1.54) is 0 Å². The molecule has 0 radical (unpaired) electrons. The second-order valence-corrected chi connectivity index (χ2v) is 5.49. The number of nitrogens with two attached hydrogens (primary N) is 2. The Labute approximate surface area is 120 Å². The molecule has 5 heteroatoms. The summed E-state index contributed by atoms with van der Waals surface area (Å²) in [6, 6.07) is 12.7. The van der Waals surface area contributed by atoms with Gasteiger partial charge < -0.3 is 11.5 Å². The lowest BCUT2D eigenvalue weighted by molar-refractivity contribution is 0.1000. The summed E-state index contributed by atoms with van der Waals surface area (Å²) < 4.78 is 0. The molecule has 19 heavy (non-hydrogen) atoms. The number of hydrogen-bond donors (Lipinski definition) is 2. The predicted octanol–water partition coefficient (Wildman–Crippen LogP) is 3.31. The molecule has 98 valence electrons. The monoisotopic (exact) mass is 292 g/mol. The first-order valence-corrected chi connectivity index (χ1v) is 6.99. The fourth-order valence-electron chi connectivity index (χ4n) is 1.55. The van der Waals surface area contributed by atoms with Crippen molar-refractivity contribution in [2.24, 2.45) is 5.73 Å². The molecular formula is C14H13ClN2OS. The highest BCUT2D eigenvalue weighted by Gasteiger charge is 2.06. The summed E-state index contributed by atoms with van der Waals surface area (Å²) in [5.41, 5.74) is 13.4. The topological polar surface area (TPSA) is 69.1 Å². The fraction of sp³-hybridized carbons (Fsp3) is 0.0714. The minimum atomic E-state index is -0.451. The largest absolute Gasteiger partial charge is 0.398 e. The number of amides is 1. The third kappa shape index (κ3) is 3.66. The van der Waals surface area contributed by atoms with Gasteiger partial charge in [0.25, 0.3) is 0 Å². The van der Waals surface area contributed by atoms with Crippen LogP contribution >= 0.6 is 23.4 Å². The van der Waals surface area contributed by atoms with E-state index in [1.54, 1.807) is 30.0 Å². The minimum absolute atomic E-state index is 0.451. The van der Waals surface area contributed by atoms with Crippen molar-refractivity contribution < 1.29 is 4.79 Å². The average molecular weight is 293 g/mol. The van der Waals surface area contributed by atoms with E-state index in [4.69, 9.17) is 23.1 Å². The molecule has 0 fully saturated rings. The molecule has 1 amide bonds. The third-order valence-corrected chi connectivity index (χ3v) is 4.00. The van der Waals surface area contributed by atoms with Crippen LogP contribution < -0.4 is 11.5 Å². The summed E-state index contributed by atoms with van der Waals surface area (Å²) >= 11 is 7.39. The van der Waals surface area contributed by atoms with Crippen LogP contribution in [0.1, 0.15) is 15.9 Å². The van der Waals surface area contributed by atoms with Crippen LogP contribution in [0.25, 0.3) is 0 Å². The molecule has 0 aliphatic rings. The second kappa shape index (κ2) is 5.99. The smallest absolute Gasteiger partial charge is 0.248 e.